The number of fused-ring (bicyclic) bond motifs is 2. The van der Waals surface area contributed by atoms with Crippen LogP contribution in [0.25, 0.3) is 0 Å². The second-order valence-corrected chi connectivity index (χ2v) is 7.97. The van der Waals surface area contributed by atoms with Crippen LogP contribution in [-0.4, -0.2) is 27.7 Å². The molecule has 0 bridgehead atoms. The number of aryl methyl sites for hydroxylation is 1. The van der Waals surface area contributed by atoms with Crippen molar-refractivity contribution in [3.63, 3.8) is 0 Å². The van der Waals surface area contributed by atoms with Gasteiger partial charge in [0.05, 0.1) is 4.90 Å². The van der Waals surface area contributed by atoms with Crippen molar-refractivity contribution in [2.45, 2.75) is 24.2 Å². The van der Waals surface area contributed by atoms with Crippen molar-refractivity contribution in [1.29, 1.82) is 0 Å². The van der Waals surface area contributed by atoms with E-state index >= 15 is 0 Å². The summed E-state index contributed by atoms with van der Waals surface area (Å²) >= 11 is 0. The lowest BCUT2D eigenvalue weighted by molar-refractivity contribution is -0.116. The highest BCUT2D eigenvalue weighted by molar-refractivity contribution is 7.89. The molecule has 2 N–H and O–H groups in total. The van der Waals surface area contributed by atoms with Crippen LogP contribution in [0.1, 0.15) is 17.5 Å². The monoisotopic (exact) mass is 374 g/mol. The van der Waals surface area contributed by atoms with E-state index in [2.05, 4.69) is 10.0 Å². The fraction of sp³-hybridized carbons (Fsp3) is 0.278. The molecule has 0 atom stereocenters. The fourth-order valence-electron chi connectivity index (χ4n) is 3.04. The van der Waals surface area contributed by atoms with E-state index in [9.17, 15) is 13.2 Å². The van der Waals surface area contributed by atoms with Gasteiger partial charge in [-0.2, -0.15) is 0 Å². The lowest BCUT2D eigenvalue weighted by Gasteiger charge is -2.17. The van der Waals surface area contributed by atoms with E-state index in [1.807, 2.05) is 18.2 Å². The number of ether oxygens (including phenoxy) is 2. The van der Waals surface area contributed by atoms with Crippen LogP contribution in [0.3, 0.4) is 0 Å². The molecule has 2 aromatic rings. The standard InChI is InChI=1S/C18H18N2O5S/c21-18-6-2-13-10-14(3-4-15(13)20-18)26(22,23)19-8-7-12-1-5-16-17(9-12)25-11-24-16/h1,3-5,9-10,19H,2,6-8,11H2,(H,20,21). The number of carbonyl (C=O) groups excluding carboxylic acids is 1. The molecule has 0 radical (unpaired) electrons. The molecule has 2 aliphatic rings. The van der Waals surface area contributed by atoms with Gasteiger partial charge in [0.15, 0.2) is 11.5 Å². The Morgan fingerprint density at radius 3 is 2.77 bits per heavy atom. The maximum absolute atomic E-state index is 12.5. The van der Waals surface area contributed by atoms with E-state index in [4.69, 9.17) is 9.47 Å². The Bertz CT molecular complexity index is 972. The SMILES string of the molecule is O=C1CCc2cc(S(=O)(=O)NCCc3ccc4c(c3)OCO4)ccc2N1. The van der Waals surface area contributed by atoms with Gasteiger partial charge in [-0.05, 0) is 54.3 Å². The smallest absolute Gasteiger partial charge is 0.240 e. The number of nitrogens with one attached hydrogen (secondary N) is 2. The minimum atomic E-state index is -3.61. The van der Waals surface area contributed by atoms with E-state index in [0.29, 0.717) is 36.4 Å². The summed E-state index contributed by atoms with van der Waals surface area (Å²) in [6.45, 7) is 0.486. The first-order valence-electron chi connectivity index (χ1n) is 8.32. The summed E-state index contributed by atoms with van der Waals surface area (Å²) in [6.07, 6.45) is 1.45. The highest BCUT2D eigenvalue weighted by Crippen LogP contribution is 2.32. The first kappa shape index (κ1) is 16.9. The number of sulfonamides is 1. The van der Waals surface area contributed by atoms with E-state index < -0.39 is 10.0 Å². The summed E-state index contributed by atoms with van der Waals surface area (Å²) in [5.41, 5.74) is 2.48. The maximum Gasteiger partial charge on any atom is 0.240 e. The second-order valence-electron chi connectivity index (χ2n) is 6.20. The molecule has 7 nitrogen and oxygen atoms in total. The van der Waals surface area contributed by atoms with E-state index in [1.165, 1.54) is 6.07 Å². The Kier molecular flexibility index (Phi) is 4.29. The third-order valence-corrected chi connectivity index (χ3v) is 5.88. The average Bonchev–Trinajstić information content (AvgIpc) is 3.09. The molecule has 2 aliphatic heterocycles. The normalized spacial score (nSPS) is 15.5. The van der Waals surface area contributed by atoms with Crippen LogP contribution in [0.4, 0.5) is 5.69 Å². The molecule has 8 heteroatoms. The highest BCUT2D eigenvalue weighted by atomic mass is 32.2. The fourth-order valence-corrected chi connectivity index (χ4v) is 4.12. The number of amides is 1. The number of benzene rings is 2. The molecule has 26 heavy (non-hydrogen) atoms. The van der Waals surface area contributed by atoms with Gasteiger partial charge in [0.2, 0.25) is 22.7 Å². The summed E-state index contributed by atoms with van der Waals surface area (Å²) < 4.78 is 38.2. The van der Waals surface area contributed by atoms with Gasteiger partial charge < -0.3 is 14.8 Å². The third-order valence-electron chi connectivity index (χ3n) is 4.43. The predicted octanol–water partition coefficient (Wildman–Crippen LogP) is 1.82. The molecule has 0 spiro atoms. The first-order chi connectivity index (χ1) is 12.5. The summed E-state index contributed by atoms with van der Waals surface area (Å²) in [5.74, 6) is 1.34. The molecule has 136 valence electrons. The number of rotatable bonds is 5. The van der Waals surface area contributed by atoms with Crippen molar-refractivity contribution in [2.75, 3.05) is 18.7 Å². The third kappa shape index (κ3) is 3.38. The number of hydrogen-bond donors (Lipinski definition) is 2. The summed E-state index contributed by atoms with van der Waals surface area (Å²) in [7, 11) is -3.61. The van der Waals surface area contributed by atoms with E-state index in [0.717, 1.165) is 11.1 Å². The van der Waals surface area contributed by atoms with Crippen LogP contribution in [0.15, 0.2) is 41.3 Å². The first-order valence-corrected chi connectivity index (χ1v) is 9.80. The largest absolute Gasteiger partial charge is 0.454 e. The van der Waals surface area contributed by atoms with Crippen molar-refractivity contribution in [1.82, 2.24) is 4.72 Å². The van der Waals surface area contributed by atoms with Crippen LogP contribution < -0.4 is 19.5 Å². The van der Waals surface area contributed by atoms with Gasteiger partial charge in [0.1, 0.15) is 0 Å². The van der Waals surface area contributed by atoms with Gasteiger partial charge in [0.25, 0.3) is 0 Å². The van der Waals surface area contributed by atoms with Gasteiger partial charge in [-0.15, -0.1) is 0 Å². The Balaban J connectivity index is 1.42. The van der Waals surface area contributed by atoms with Crippen molar-refractivity contribution in [2.24, 2.45) is 0 Å². The summed E-state index contributed by atoms with van der Waals surface area (Å²) in [5, 5.41) is 2.75. The lowest BCUT2D eigenvalue weighted by Crippen LogP contribution is -2.26. The van der Waals surface area contributed by atoms with Crippen molar-refractivity contribution >= 4 is 21.6 Å². The second kappa shape index (κ2) is 6.62. The Hall–Kier alpha value is -2.58. The molecule has 0 saturated carbocycles. The zero-order valence-electron chi connectivity index (χ0n) is 13.9. The van der Waals surface area contributed by atoms with E-state index in [1.54, 1.807) is 12.1 Å². The molecule has 0 aromatic heterocycles. The Morgan fingerprint density at radius 1 is 1.04 bits per heavy atom. The van der Waals surface area contributed by atoms with Gasteiger partial charge >= 0.3 is 0 Å². The lowest BCUT2D eigenvalue weighted by atomic mass is 10.0. The van der Waals surface area contributed by atoms with Crippen LogP contribution >= 0.6 is 0 Å². The van der Waals surface area contributed by atoms with Crippen molar-refractivity contribution in [3.8, 4) is 11.5 Å². The van der Waals surface area contributed by atoms with Crippen molar-refractivity contribution < 1.29 is 22.7 Å². The van der Waals surface area contributed by atoms with Gasteiger partial charge in [0, 0.05) is 18.7 Å². The van der Waals surface area contributed by atoms with Crippen LogP contribution in [-0.2, 0) is 27.7 Å². The Morgan fingerprint density at radius 2 is 1.88 bits per heavy atom. The molecular weight excluding hydrogens is 356 g/mol. The molecular formula is C18H18N2O5S. The molecule has 2 heterocycles. The van der Waals surface area contributed by atoms with E-state index in [-0.39, 0.29) is 24.1 Å². The molecule has 0 fully saturated rings. The molecule has 4 rings (SSSR count). The molecule has 1 amide bonds. The predicted molar refractivity (Wildman–Crippen MR) is 94.9 cm³/mol. The zero-order valence-corrected chi connectivity index (χ0v) is 14.8. The van der Waals surface area contributed by atoms with Gasteiger partial charge in [-0.3, -0.25) is 4.79 Å². The molecule has 2 aromatic carbocycles. The van der Waals surface area contributed by atoms with Crippen molar-refractivity contribution in [3.05, 3.63) is 47.5 Å². The summed E-state index contributed by atoms with van der Waals surface area (Å²) in [4.78, 5) is 11.6. The number of anilines is 1. The molecule has 0 saturated heterocycles. The van der Waals surface area contributed by atoms with Crippen LogP contribution in [0.5, 0.6) is 11.5 Å². The number of carbonyl (C=O) groups is 1. The topological polar surface area (TPSA) is 93.7 Å². The van der Waals surface area contributed by atoms with Gasteiger partial charge in [-0.1, -0.05) is 6.07 Å². The maximum atomic E-state index is 12.5. The summed E-state index contributed by atoms with van der Waals surface area (Å²) in [6, 6.07) is 10.3. The number of hydrogen-bond acceptors (Lipinski definition) is 5. The minimum Gasteiger partial charge on any atom is -0.454 e. The average molecular weight is 374 g/mol. The molecule has 0 aliphatic carbocycles. The molecule has 0 unspecified atom stereocenters. The van der Waals surface area contributed by atoms with Gasteiger partial charge in [-0.25, -0.2) is 13.1 Å². The zero-order chi connectivity index (χ0) is 18.1. The quantitative estimate of drug-likeness (QED) is 0.833. The minimum absolute atomic E-state index is 0.0463. The van der Waals surface area contributed by atoms with Crippen LogP contribution in [0.2, 0.25) is 0 Å². The highest BCUT2D eigenvalue weighted by Gasteiger charge is 2.20. The van der Waals surface area contributed by atoms with Crippen LogP contribution in [0, 0.1) is 0 Å². The Labute approximate surface area is 151 Å².